The lowest BCUT2D eigenvalue weighted by Gasteiger charge is -2.32. The van der Waals surface area contributed by atoms with Crippen LogP contribution in [0.15, 0.2) is 36.3 Å². The maximum Gasteiger partial charge on any atom is 0.294 e. The van der Waals surface area contributed by atoms with Crippen LogP contribution in [-0.2, 0) is 11.3 Å². The van der Waals surface area contributed by atoms with Gasteiger partial charge < -0.3 is 11.2 Å². The normalized spacial score (nSPS) is 22.1. The summed E-state index contributed by atoms with van der Waals surface area (Å²) in [4.78, 5) is 26.5. The number of nitrogens with one attached hydrogen (secondary N) is 1. The van der Waals surface area contributed by atoms with E-state index in [2.05, 4.69) is 10.4 Å². The third-order valence-corrected chi connectivity index (χ3v) is 3.40. The number of hydrazine groups is 1. The predicted molar refractivity (Wildman–Crippen MR) is 70.2 cm³/mol. The summed E-state index contributed by atoms with van der Waals surface area (Å²) in [5.74, 6) is -0.760. The summed E-state index contributed by atoms with van der Waals surface area (Å²) >= 11 is 0. The van der Waals surface area contributed by atoms with Gasteiger partial charge in [-0.2, -0.15) is 5.01 Å². The van der Waals surface area contributed by atoms with Crippen LogP contribution in [0.4, 0.5) is 0 Å². The molecule has 106 valence electrons. The third kappa shape index (κ3) is 2.10. The first-order chi connectivity index (χ1) is 9.52. The zero-order chi connectivity index (χ0) is 14.8. The Bertz CT molecular complexity index is 559. The van der Waals surface area contributed by atoms with Crippen molar-refractivity contribution >= 4 is 5.91 Å². The second-order valence-corrected chi connectivity index (χ2v) is 4.40. The largest absolute Gasteiger partial charge is 0.367 e. The number of nitro groups is 1. The number of carbonyl (C=O) groups is 1. The molecule has 2 heterocycles. The number of primary amides is 1. The Kier molecular flexibility index (Phi) is 3.66. The molecular formula is C12H15N5O3. The summed E-state index contributed by atoms with van der Waals surface area (Å²) < 4.78 is 0. The van der Waals surface area contributed by atoms with E-state index in [1.165, 1.54) is 11.2 Å². The molecule has 0 saturated carbocycles. The standard InChI is InChI=1S/C12H15N5O3/c1-2-12(11(13)18)10(17(19)20)7-15-16(12)8-9-5-3-4-6-14-9/h3-7,15H,2,8H2,1H3,(H2,13,18). The molecule has 1 amide bonds. The van der Waals surface area contributed by atoms with Crippen LogP contribution in [0.5, 0.6) is 0 Å². The van der Waals surface area contributed by atoms with Crippen molar-refractivity contribution in [2.24, 2.45) is 5.73 Å². The summed E-state index contributed by atoms with van der Waals surface area (Å²) in [6.07, 6.45) is 3.01. The quantitative estimate of drug-likeness (QED) is 0.585. The molecule has 0 spiro atoms. The number of rotatable bonds is 5. The smallest absolute Gasteiger partial charge is 0.294 e. The van der Waals surface area contributed by atoms with Gasteiger partial charge in [-0.25, -0.2) is 0 Å². The van der Waals surface area contributed by atoms with Gasteiger partial charge in [0.25, 0.3) is 11.6 Å². The predicted octanol–water partition coefficient (Wildman–Crippen LogP) is 0.154. The molecule has 0 aliphatic carbocycles. The minimum absolute atomic E-state index is 0.189. The Morgan fingerprint density at radius 2 is 2.35 bits per heavy atom. The molecule has 1 aliphatic rings. The van der Waals surface area contributed by atoms with E-state index in [9.17, 15) is 14.9 Å². The lowest BCUT2D eigenvalue weighted by Crippen LogP contribution is -2.58. The Hall–Kier alpha value is -2.48. The lowest BCUT2D eigenvalue weighted by molar-refractivity contribution is -0.435. The number of aromatic nitrogens is 1. The first-order valence-electron chi connectivity index (χ1n) is 6.11. The first kappa shape index (κ1) is 13.9. The molecule has 0 aromatic carbocycles. The van der Waals surface area contributed by atoms with E-state index in [4.69, 9.17) is 5.73 Å². The van der Waals surface area contributed by atoms with Gasteiger partial charge in [0, 0.05) is 6.20 Å². The van der Waals surface area contributed by atoms with E-state index in [-0.39, 0.29) is 18.7 Å². The molecular weight excluding hydrogens is 262 g/mol. The highest BCUT2D eigenvalue weighted by molar-refractivity contribution is 5.88. The van der Waals surface area contributed by atoms with Crippen LogP contribution < -0.4 is 11.2 Å². The lowest BCUT2D eigenvalue weighted by atomic mass is 9.91. The fraction of sp³-hybridized carbons (Fsp3) is 0.333. The van der Waals surface area contributed by atoms with Gasteiger partial charge in [-0.15, -0.1) is 0 Å². The van der Waals surface area contributed by atoms with Crippen molar-refractivity contribution < 1.29 is 9.72 Å². The van der Waals surface area contributed by atoms with Crippen molar-refractivity contribution in [3.8, 4) is 0 Å². The van der Waals surface area contributed by atoms with E-state index in [0.717, 1.165) is 0 Å². The number of hydrogen-bond acceptors (Lipinski definition) is 6. The molecule has 8 nitrogen and oxygen atoms in total. The average Bonchev–Trinajstić information content (AvgIpc) is 2.79. The minimum Gasteiger partial charge on any atom is -0.367 e. The highest BCUT2D eigenvalue weighted by Gasteiger charge is 2.55. The Balaban J connectivity index is 2.35. The SMILES string of the molecule is CCC1(C(N)=O)C([N+](=O)[O-])=CNN1Cc1ccccn1. The molecule has 20 heavy (non-hydrogen) atoms. The number of carbonyl (C=O) groups excluding carboxylic acids is 1. The molecule has 1 aromatic rings. The third-order valence-electron chi connectivity index (χ3n) is 3.40. The fourth-order valence-electron chi connectivity index (χ4n) is 2.35. The van der Waals surface area contributed by atoms with Crippen molar-refractivity contribution in [2.45, 2.75) is 25.4 Å². The van der Waals surface area contributed by atoms with Crippen molar-refractivity contribution in [3.05, 3.63) is 52.1 Å². The summed E-state index contributed by atoms with van der Waals surface area (Å²) in [6, 6.07) is 5.34. The number of hydrogen-bond donors (Lipinski definition) is 2. The van der Waals surface area contributed by atoms with E-state index in [1.807, 2.05) is 0 Å². The summed E-state index contributed by atoms with van der Waals surface area (Å²) in [5, 5.41) is 12.6. The van der Waals surface area contributed by atoms with Crippen LogP contribution in [0, 0.1) is 10.1 Å². The average molecular weight is 277 g/mol. The van der Waals surface area contributed by atoms with Gasteiger partial charge in [-0.1, -0.05) is 13.0 Å². The molecule has 2 rings (SSSR count). The summed E-state index contributed by atoms with van der Waals surface area (Å²) in [6.45, 7) is 1.91. The molecule has 1 unspecified atom stereocenters. The number of pyridine rings is 1. The molecule has 1 aromatic heterocycles. The van der Waals surface area contributed by atoms with E-state index in [1.54, 1.807) is 31.3 Å². The molecule has 1 atom stereocenters. The monoisotopic (exact) mass is 277 g/mol. The van der Waals surface area contributed by atoms with E-state index < -0.39 is 16.4 Å². The van der Waals surface area contributed by atoms with E-state index >= 15 is 0 Å². The maximum absolute atomic E-state index is 11.8. The van der Waals surface area contributed by atoms with Crippen LogP contribution in [0.3, 0.4) is 0 Å². The molecule has 8 heteroatoms. The number of nitrogens with zero attached hydrogens (tertiary/aromatic N) is 3. The number of amides is 1. The van der Waals surface area contributed by atoms with E-state index in [0.29, 0.717) is 5.69 Å². The van der Waals surface area contributed by atoms with Crippen molar-refractivity contribution in [1.29, 1.82) is 0 Å². The molecule has 3 N–H and O–H groups in total. The first-order valence-corrected chi connectivity index (χ1v) is 6.11. The van der Waals surface area contributed by atoms with Crippen molar-refractivity contribution in [1.82, 2.24) is 15.4 Å². The van der Waals surface area contributed by atoms with Gasteiger partial charge >= 0.3 is 0 Å². The molecule has 0 saturated heterocycles. The van der Waals surface area contributed by atoms with Crippen molar-refractivity contribution in [2.75, 3.05) is 0 Å². The Morgan fingerprint density at radius 1 is 1.60 bits per heavy atom. The highest BCUT2D eigenvalue weighted by Crippen LogP contribution is 2.32. The summed E-state index contributed by atoms with van der Waals surface area (Å²) in [7, 11) is 0. The number of nitrogens with two attached hydrogens (primary N) is 1. The van der Waals surface area contributed by atoms with Crippen LogP contribution >= 0.6 is 0 Å². The topological polar surface area (TPSA) is 114 Å². The van der Waals surface area contributed by atoms with Gasteiger partial charge in [-0.3, -0.25) is 19.9 Å². The molecule has 0 fully saturated rings. The molecule has 0 radical (unpaired) electrons. The Labute approximate surface area is 115 Å². The second kappa shape index (κ2) is 5.25. The molecule has 1 aliphatic heterocycles. The maximum atomic E-state index is 11.8. The van der Waals surface area contributed by atoms with Gasteiger partial charge in [0.2, 0.25) is 5.54 Å². The minimum atomic E-state index is -1.47. The Morgan fingerprint density at radius 3 is 2.85 bits per heavy atom. The van der Waals surface area contributed by atoms with Gasteiger partial charge in [-0.05, 0) is 18.6 Å². The fourth-order valence-corrected chi connectivity index (χ4v) is 2.35. The van der Waals surface area contributed by atoms with Crippen LogP contribution in [-0.4, -0.2) is 26.4 Å². The van der Waals surface area contributed by atoms with Gasteiger partial charge in [0.1, 0.15) is 0 Å². The summed E-state index contributed by atoms with van der Waals surface area (Å²) in [5.41, 5.74) is 7.14. The molecule has 0 bridgehead atoms. The van der Waals surface area contributed by atoms with Crippen LogP contribution in [0.2, 0.25) is 0 Å². The van der Waals surface area contributed by atoms with Crippen LogP contribution in [0.1, 0.15) is 19.0 Å². The van der Waals surface area contributed by atoms with Gasteiger partial charge in [0.15, 0.2) is 0 Å². The van der Waals surface area contributed by atoms with Gasteiger partial charge in [0.05, 0.1) is 23.4 Å². The highest BCUT2D eigenvalue weighted by atomic mass is 16.6. The van der Waals surface area contributed by atoms with Crippen molar-refractivity contribution in [3.63, 3.8) is 0 Å². The zero-order valence-corrected chi connectivity index (χ0v) is 10.9. The van der Waals surface area contributed by atoms with Crippen LogP contribution in [0.25, 0.3) is 0 Å². The zero-order valence-electron chi connectivity index (χ0n) is 10.9. The second-order valence-electron chi connectivity index (χ2n) is 4.40.